The summed E-state index contributed by atoms with van der Waals surface area (Å²) < 4.78 is 14.1. The molecule has 5 N–H and O–H groups in total. The Morgan fingerprint density at radius 1 is 1.32 bits per heavy atom. The van der Waals surface area contributed by atoms with Gasteiger partial charge in [-0.25, -0.2) is 4.39 Å². The number of rotatable bonds is 6. The minimum absolute atomic E-state index is 0.0622. The Morgan fingerprint density at radius 2 is 1.89 bits per heavy atom. The molecule has 0 aliphatic heterocycles. The quantitative estimate of drug-likeness (QED) is 0.696. The molecule has 0 saturated heterocycles. The van der Waals surface area contributed by atoms with E-state index in [1.54, 1.807) is 11.8 Å². The van der Waals surface area contributed by atoms with Crippen molar-refractivity contribution in [3.8, 4) is 0 Å². The van der Waals surface area contributed by atoms with Gasteiger partial charge in [0.1, 0.15) is 5.02 Å². The van der Waals surface area contributed by atoms with Crippen LogP contribution in [0.5, 0.6) is 0 Å². The first-order chi connectivity index (χ1) is 8.90. The lowest BCUT2D eigenvalue weighted by Gasteiger charge is -2.30. The lowest BCUT2D eigenvalue weighted by atomic mass is 10.0. The number of nitrogens with two attached hydrogens (primary N) is 2. The molecule has 19 heavy (non-hydrogen) atoms. The van der Waals surface area contributed by atoms with Crippen molar-refractivity contribution in [2.75, 3.05) is 29.6 Å². The number of thioether (sulfide) groups is 1. The molecule has 0 aliphatic rings. The summed E-state index contributed by atoms with van der Waals surface area (Å²) in [5, 5.41) is 3.00. The molecule has 0 bridgehead atoms. The third-order valence-electron chi connectivity index (χ3n) is 3.57. The summed E-state index contributed by atoms with van der Waals surface area (Å²) in [6.07, 6.45) is 4.04. The van der Waals surface area contributed by atoms with E-state index < -0.39 is 5.82 Å². The minimum Gasteiger partial charge on any atom is -0.397 e. The van der Waals surface area contributed by atoms with E-state index in [4.69, 9.17) is 23.1 Å². The second-order valence-corrected chi connectivity index (χ2v) is 6.16. The maximum Gasteiger partial charge on any atom is 0.169 e. The van der Waals surface area contributed by atoms with Crippen LogP contribution in [0.3, 0.4) is 0 Å². The predicted octanol–water partition coefficient (Wildman–Crippen LogP) is 3.98. The fraction of sp³-hybridized carbons (Fsp3) is 0.538. The zero-order chi connectivity index (χ0) is 14.6. The van der Waals surface area contributed by atoms with Crippen LogP contribution < -0.4 is 16.8 Å². The third-order valence-corrected chi connectivity index (χ3v) is 5.55. The molecular formula is C13H21ClFN3S. The van der Waals surface area contributed by atoms with Crippen molar-refractivity contribution in [2.45, 2.75) is 31.4 Å². The van der Waals surface area contributed by atoms with Gasteiger partial charge in [-0.2, -0.15) is 11.8 Å². The Bertz CT molecular complexity index is 442. The summed E-state index contributed by atoms with van der Waals surface area (Å²) >= 11 is 7.58. The molecule has 1 aromatic carbocycles. The number of hydrogen-bond donors (Lipinski definition) is 3. The molecule has 108 valence electrons. The third kappa shape index (κ3) is 3.39. The summed E-state index contributed by atoms with van der Waals surface area (Å²) in [6.45, 7) is 4.87. The molecule has 1 rings (SSSR count). The first-order valence-corrected chi connectivity index (χ1v) is 7.83. The average molecular weight is 306 g/mol. The molecule has 3 nitrogen and oxygen atoms in total. The van der Waals surface area contributed by atoms with E-state index in [0.717, 1.165) is 12.8 Å². The molecule has 0 spiro atoms. The van der Waals surface area contributed by atoms with E-state index in [-0.39, 0.29) is 26.8 Å². The maximum atomic E-state index is 14.0. The van der Waals surface area contributed by atoms with Gasteiger partial charge in [-0.3, -0.25) is 0 Å². The molecule has 0 heterocycles. The van der Waals surface area contributed by atoms with E-state index in [2.05, 4.69) is 25.4 Å². The molecule has 0 atom stereocenters. The summed E-state index contributed by atoms with van der Waals surface area (Å²) in [7, 11) is 0. The summed E-state index contributed by atoms with van der Waals surface area (Å²) in [4.78, 5) is 0. The van der Waals surface area contributed by atoms with Crippen LogP contribution in [0, 0.1) is 5.82 Å². The summed E-state index contributed by atoms with van der Waals surface area (Å²) in [6, 6.07) is 1.48. The van der Waals surface area contributed by atoms with Crippen LogP contribution in [0.25, 0.3) is 0 Å². The second-order valence-electron chi connectivity index (χ2n) is 4.51. The van der Waals surface area contributed by atoms with Gasteiger partial charge in [0.05, 0.1) is 17.1 Å². The van der Waals surface area contributed by atoms with Gasteiger partial charge in [0.15, 0.2) is 5.82 Å². The molecule has 0 unspecified atom stereocenters. The van der Waals surface area contributed by atoms with Gasteiger partial charge in [-0.05, 0) is 25.2 Å². The first kappa shape index (κ1) is 16.2. The molecule has 0 fully saturated rings. The molecule has 6 heteroatoms. The van der Waals surface area contributed by atoms with E-state index in [1.807, 2.05) is 0 Å². The molecule has 0 aliphatic carbocycles. The van der Waals surface area contributed by atoms with E-state index in [9.17, 15) is 4.39 Å². The highest BCUT2D eigenvalue weighted by molar-refractivity contribution is 8.00. The highest BCUT2D eigenvalue weighted by atomic mass is 35.5. The smallest absolute Gasteiger partial charge is 0.169 e. The van der Waals surface area contributed by atoms with Crippen LogP contribution in [0.1, 0.15) is 26.7 Å². The largest absolute Gasteiger partial charge is 0.397 e. The topological polar surface area (TPSA) is 64.1 Å². The second kappa shape index (κ2) is 6.57. The standard InChI is InChI=1S/C13H21ClFN3S/c1-4-13(5-2,19-3)7-18-12-9(17)6-8(16)10(14)11(12)15/h6,18H,4-5,7,16-17H2,1-3H3. The van der Waals surface area contributed by atoms with Gasteiger partial charge in [0, 0.05) is 11.3 Å². The SMILES string of the molecule is CCC(CC)(CNc1c(N)cc(N)c(Cl)c1F)SC. The molecule has 0 saturated carbocycles. The molecular weight excluding hydrogens is 285 g/mol. The number of anilines is 3. The maximum absolute atomic E-state index is 14.0. The lowest BCUT2D eigenvalue weighted by molar-refractivity contribution is 0.570. The van der Waals surface area contributed by atoms with Gasteiger partial charge >= 0.3 is 0 Å². The Hall–Kier alpha value is -0.810. The lowest BCUT2D eigenvalue weighted by Crippen LogP contribution is -2.32. The number of hydrogen-bond acceptors (Lipinski definition) is 4. The highest BCUT2D eigenvalue weighted by Crippen LogP contribution is 2.36. The van der Waals surface area contributed by atoms with Crippen LogP contribution in [0.2, 0.25) is 5.02 Å². The van der Waals surface area contributed by atoms with Crippen molar-refractivity contribution in [3.05, 3.63) is 16.9 Å². The van der Waals surface area contributed by atoms with Crippen molar-refractivity contribution >= 4 is 40.4 Å². The Kier molecular flexibility index (Phi) is 5.62. The predicted molar refractivity (Wildman–Crippen MR) is 85.6 cm³/mol. The van der Waals surface area contributed by atoms with Crippen LogP contribution in [0.15, 0.2) is 6.07 Å². The number of nitrogen functional groups attached to an aromatic ring is 2. The van der Waals surface area contributed by atoms with Crippen LogP contribution in [0.4, 0.5) is 21.5 Å². The van der Waals surface area contributed by atoms with E-state index >= 15 is 0 Å². The minimum atomic E-state index is -0.582. The van der Waals surface area contributed by atoms with E-state index in [0.29, 0.717) is 6.54 Å². The van der Waals surface area contributed by atoms with Crippen LogP contribution >= 0.6 is 23.4 Å². The fourth-order valence-electron chi connectivity index (χ4n) is 1.96. The van der Waals surface area contributed by atoms with Crippen molar-refractivity contribution in [3.63, 3.8) is 0 Å². The number of benzene rings is 1. The monoisotopic (exact) mass is 305 g/mol. The summed E-state index contributed by atoms with van der Waals surface area (Å²) in [5.41, 5.74) is 12.0. The highest BCUT2D eigenvalue weighted by Gasteiger charge is 2.25. The Balaban J connectivity index is 2.98. The van der Waals surface area contributed by atoms with Crippen LogP contribution in [-0.4, -0.2) is 17.5 Å². The number of nitrogens with one attached hydrogen (secondary N) is 1. The van der Waals surface area contributed by atoms with Gasteiger partial charge in [0.2, 0.25) is 0 Å². The zero-order valence-corrected chi connectivity index (χ0v) is 13.1. The molecule has 0 amide bonds. The van der Waals surface area contributed by atoms with Crippen molar-refractivity contribution in [1.82, 2.24) is 0 Å². The van der Waals surface area contributed by atoms with E-state index in [1.165, 1.54) is 6.07 Å². The summed E-state index contributed by atoms with van der Waals surface area (Å²) in [5.74, 6) is -0.582. The van der Waals surface area contributed by atoms with Gasteiger partial charge < -0.3 is 16.8 Å². The van der Waals surface area contributed by atoms with Crippen LogP contribution in [-0.2, 0) is 0 Å². The Morgan fingerprint density at radius 3 is 2.37 bits per heavy atom. The van der Waals surface area contributed by atoms with Gasteiger partial charge in [-0.15, -0.1) is 0 Å². The molecule has 0 radical (unpaired) electrons. The van der Waals surface area contributed by atoms with Crippen molar-refractivity contribution < 1.29 is 4.39 Å². The van der Waals surface area contributed by atoms with Crippen molar-refractivity contribution in [1.29, 1.82) is 0 Å². The Labute approximate surface area is 123 Å². The van der Waals surface area contributed by atoms with Gasteiger partial charge in [-0.1, -0.05) is 25.4 Å². The fourth-order valence-corrected chi connectivity index (χ4v) is 2.90. The normalized spacial score (nSPS) is 11.6. The zero-order valence-electron chi connectivity index (χ0n) is 11.5. The molecule has 1 aromatic rings. The van der Waals surface area contributed by atoms with Gasteiger partial charge in [0.25, 0.3) is 0 Å². The average Bonchev–Trinajstić information content (AvgIpc) is 2.41. The van der Waals surface area contributed by atoms with Crippen molar-refractivity contribution in [2.24, 2.45) is 0 Å². The first-order valence-electron chi connectivity index (χ1n) is 6.22. The molecule has 0 aromatic heterocycles. The number of halogens is 2.